The van der Waals surface area contributed by atoms with Gasteiger partial charge in [-0.3, -0.25) is 14.4 Å². The van der Waals surface area contributed by atoms with Gasteiger partial charge in [0.15, 0.2) is 5.76 Å². The van der Waals surface area contributed by atoms with Gasteiger partial charge in [-0.15, -0.1) is 0 Å². The fourth-order valence-corrected chi connectivity index (χ4v) is 1.74. The fraction of sp³-hybridized carbons (Fsp3) is 0.133. The Kier molecular flexibility index (Phi) is 4.92. The van der Waals surface area contributed by atoms with Crippen LogP contribution in [0.1, 0.15) is 17.5 Å². The zero-order valence-electron chi connectivity index (χ0n) is 11.9. The first kappa shape index (κ1) is 15.3. The molecule has 1 aromatic carbocycles. The van der Waals surface area contributed by atoms with Gasteiger partial charge in [0.2, 0.25) is 11.8 Å². The van der Waals surface area contributed by atoms with Crippen LogP contribution >= 0.6 is 0 Å². The second-order valence-corrected chi connectivity index (χ2v) is 4.47. The number of rotatable bonds is 5. The van der Waals surface area contributed by atoms with Crippen LogP contribution in [0.3, 0.4) is 0 Å². The van der Waals surface area contributed by atoms with Gasteiger partial charge in [-0.1, -0.05) is 6.07 Å². The summed E-state index contributed by atoms with van der Waals surface area (Å²) in [6.07, 6.45) is 1.38. The molecule has 0 aliphatic heterocycles. The molecule has 7 nitrogen and oxygen atoms in total. The molecule has 3 N–H and O–H groups in total. The summed E-state index contributed by atoms with van der Waals surface area (Å²) in [5, 5.41) is 7.67. The van der Waals surface area contributed by atoms with Gasteiger partial charge < -0.3 is 20.4 Å². The Morgan fingerprint density at radius 1 is 1.05 bits per heavy atom. The van der Waals surface area contributed by atoms with E-state index in [9.17, 15) is 14.4 Å². The van der Waals surface area contributed by atoms with Crippen LogP contribution in [0, 0.1) is 0 Å². The summed E-state index contributed by atoms with van der Waals surface area (Å²) in [5.41, 5.74) is 1.09. The molecule has 114 valence electrons. The normalized spacial score (nSPS) is 9.86. The Labute approximate surface area is 126 Å². The van der Waals surface area contributed by atoms with Gasteiger partial charge in [0.1, 0.15) is 0 Å². The molecule has 22 heavy (non-hydrogen) atoms. The summed E-state index contributed by atoms with van der Waals surface area (Å²) in [5.74, 6) is -0.915. The van der Waals surface area contributed by atoms with Crippen LogP contribution in [-0.2, 0) is 9.59 Å². The lowest BCUT2D eigenvalue weighted by Crippen LogP contribution is -2.32. The molecule has 0 atom stereocenters. The second-order valence-electron chi connectivity index (χ2n) is 4.47. The highest BCUT2D eigenvalue weighted by Gasteiger charge is 2.10. The lowest BCUT2D eigenvalue weighted by Gasteiger charge is -2.08. The van der Waals surface area contributed by atoms with Crippen molar-refractivity contribution in [3.8, 4) is 0 Å². The molecular formula is C15H15N3O4. The standard InChI is InChI=1S/C15H15N3O4/c1-10(19)17-11-4-2-5-12(8-11)18-14(20)9-16-15(21)13-6-3-7-22-13/h2-8H,9H2,1H3,(H,16,21)(H,17,19)(H,18,20). The third-order valence-electron chi connectivity index (χ3n) is 2.62. The Morgan fingerprint density at radius 3 is 2.41 bits per heavy atom. The van der Waals surface area contributed by atoms with E-state index < -0.39 is 5.91 Å². The first-order valence-electron chi connectivity index (χ1n) is 6.54. The molecule has 3 amide bonds. The van der Waals surface area contributed by atoms with Crippen molar-refractivity contribution in [1.82, 2.24) is 5.32 Å². The average Bonchev–Trinajstić information content (AvgIpc) is 2.98. The summed E-state index contributed by atoms with van der Waals surface area (Å²) >= 11 is 0. The third-order valence-corrected chi connectivity index (χ3v) is 2.62. The summed E-state index contributed by atoms with van der Waals surface area (Å²) in [6.45, 7) is 1.21. The van der Waals surface area contributed by atoms with E-state index in [0.717, 1.165) is 0 Å². The smallest absolute Gasteiger partial charge is 0.287 e. The van der Waals surface area contributed by atoms with E-state index in [1.807, 2.05) is 0 Å². The summed E-state index contributed by atoms with van der Waals surface area (Å²) < 4.78 is 4.91. The number of carbonyl (C=O) groups excluding carboxylic acids is 3. The number of hydrogen-bond donors (Lipinski definition) is 3. The SMILES string of the molecule is CC(=O)Nc1cccc(NC(=O)CNC(=O)c2ccco2)c1. The number of carbonyl (C=O) groups is 3. The van der Waals surface area contributed by atoms with E-state index >= 15 is 0 Å². The van der Waals surface area contributed by atoms with Crippen LogP contribution in [0.5, 0.6) is 0 Å². The van der Waals surface area contributed by atoms with Crippen LogP contribution < -0.4 is 16.0 Å². The molecule has 0 fully saturated rings. The minimum absolute atomic E-state index is 0.139. The summed E-state index contributed by atoms with van der Waals surface area (Å²) in [7, 11) is 0. The number of anilines is 2. The van der Waals surface area contributed by atoms with Crippen LogP contribution in [-0.4, -0.2) is 24.3 Å². The van der Waals surface area contributed by atoms with Crippen molar-refractivity contribution in [2.75, 3.05) is 17.2 Å². The Balaban J connectivity index is 1.86. The highest BCUT2D eigenvalue weighted by Crippen LogP contribution is 2.14. The van der Waals surface area contributed by atoms with E-state index in [4.69, 9.17) is 4.42 Å². The molecule has 1 heterocycles. The van der Waals surface area contributed by atoms with E-state index in [2.05, 4.69) is 16.0 Å². The minimum Gasteiger partial charge on any atom is -0.459 e. The molecule has 0 aliphatic rings. The van der Waals surface area contributed by atoms with Gasteiger partial charge in [0, 0.05) is 18.3 Å². The molecule has 0 bridgehead atoms. The Morgan fingerprint density at radius 2 is 1.77 bits per heavy atom. The molecule has 2 aromatic rings. The fourth-order valence-electron chi connectivity index (χ4n) is 1.74. The highest BCUT2D eigenvalue weighted by molar-refractivity contribution is 5.98. The molecule has 0 saturated carbocycles. The largest absolute Gasteiger partial charge is 0.459 e. The molecule has 7 heteroatoms. The van der Waals surface area contributed by atoms with Crippen LogP contribution in [0.25, 0.3) is 0 Å². The molecule has 2 rings (SSSR count). The molecule has 1 aromatic heterocycles. The van der Waals surface area contributed by atoms with Crippen molar-refractivity contribution >= 4 is 29.1 Å². The lowest BCUT2D eigenvalue weighted by molar-refractivity contribution is -0.115. The summed E-state index contributed by atoms with van der Waals surface area (Å²) in [4.78, 5) is 34.4. The molecule has 0 spiro atoms. The Bertz CT molecular complexity index is 680. The molecular weight excluding hydrogens is 286 g/mol. The van der Waals surface area contributed by atoms with E-state index in [0.29, 0.717) is 11.4 Å². The van der Waals surface area contributed by atoms with Gasteiger partial charge in [-0.2, -0.15) is 0 Å². The third kappa shape index (κ3) is 4.48. The van der Waals surface area contributed by atoms with E-state index in [-0.39, 0.29) is 24.1 Å². The highest BCUT2D eigenvalue weighted by atomic mass is 16.3. The van der Waals surface area contributed by atoms with Gasteiger partial charge in [-0.25, -0.2) is 0 Å². The maximum Gasteiger partial charge on any atom is 0.287 e. The second kappa shape index (κ2) is 7.07. The average molecular weight is 301 g/mol. The van der Waals surface area contributed by atoms with E-state index in [1.165, 1.54) is 19.3 Å². The first-order valence-corrected chi connectivity index (χ1v) is 6.54. The number of nitrogens with one attached hydrogen (secondary N) is 3. The first-order chi connectivity index (χ1) is 10.5. The van der Waals surface area contributed by atoms with Gasteiger partial charge in [0.25, 0.3) is 5.91 Å². The zero-order valence-corrected chi connectivity index (χ0v) is 11.9. The lowest BCUT2D eigenvalue weighted by atomic mass is 10.2. The van der Waals surface area contributed by atoms with Crippen molar-refractivity contribution in [3.05, 3.63) is 48.4 Å². The van der Waals surface area contributed by atoms with Crippen molar-refractivity contribution < 1.29 is 18.8 Å². The predicted molar refractivity (Wildman–Crippen MR) is 80.4 cm³/mol. The molecule has 0 radical (unpaired) electrons. The van der Waals surface area contributed by atoms with E-state index in [1.54, 1.807) is 30.3 Å². The van der Waals surface area contributed by atoms with Crippen LogP contribution in [0.15, 0.2) is 47.1 Å². The van der Waals surface area contributed by atoms with Crippen molar-refractivity contribution in [2.45, 2.75) is 6.92 Å². The number of hydrogen-bond acceptors (Lipinski definition) is 4. The minimum atomic E-state index is -0.466. The molecule has 0 unspecified atom stereocenters. The summed E-state index contributed by atoms with van der Waals surface area (Å²) in [6, 6.07) is 9.79. The maximum absolute atomic E-state index is 11.8. The molecule has 0 saturated heterocycles. The Hall–Kier alpha value is -3.09. The van der Waals surface area contributed by atoms with Crippen molar-refractivity contribution in [2.24, 2.45) is 0 Å². The van der Waals surface area contributed by atoms with Gasteiger partial charge in [-0.05, 0) is 30.3 Å². The topological polar surface area (TPSA) is 100 Å². The van der Waals surface area contributed by atoms with Crippen molar-refractivity contribution in [3.63, 3.8) is 0 Å². The van der Waals surface area contributed by atoms with Gasteiger partial charge >= 0.3 is 0 Å². The number of amides is 3. The van der Waals surface area contributed by atoms with Crippen molar-refractivity contribution in [1.29, 1.82) is 0 Å². The van der Waals surface area contributed by atoms with Gasteiger partial charge in [0.05, 0.1) is 12.8 Å². The maximum atomic E-state index is 11.8. The monoisotopic (exact) mass is 301 g/mol. The number of benzene rings is 1. The van der Waals surface area contributed by atoms with Crippen LogP contribution in [0.4, 0.5) is 11.4 Å². The van der Waals surface area contributed by atoms with Crippen LogP contribution in [0.2, 0.25) is 0 Å². The predicted octanol–water partition coefficient (Wildman–Crippen LogP) is 1.61. The number of furan rings is 1. The molecule has 0 aliphatic carbocycles. The zero-order chi connectivity index (χ0) is 15.9. The quantitative estimate of drug-likeness (QED) is 0.781.